The number of nitrogens with zero attached hydrogens (tertiary/aromatic N) is 1. The second-order valence-electron chi connectivity index (χ2n) is 5.52. The first kappa shape index (κ1) is 20.0. The summed E-state index contributed by atoms with van der Waals surface area (Å²) in [6.45, 7) is 2.22. The lowest BCUT2D eigenvalue weighted by atomic mass is 9.99. The Morgan fingerprint density at radius 1 is 1.46 bits per heavy atom. The minimum absolute atomic E-state index is 0.0109. The molecule has 26 heavy (non-hydrogen) atoms. The lowest BCUT2D eigenvalue weighted by molar-refractivity contribution is -0.759. The molecular weight excluding hydrogens is 427 g/mol. The van der Waals surface area contributed by atoms with Gasteiger partial charge in [-0.15, -0.1) is 10.1 Å². The van der Waals surface area contributed by atoms with Gasteiger partial charge in [0.2, 0.25) is 6.10 Å². The summed E-state index contributed by atoms with van der Waals surface area (Å²) in [5.41, 5.74) is -0.0194. The van der Waals surface area contributed by atoms with Crippen LogP contribution < -0.4 is 4.74 Å². The fourth-order valence-corrected chi connectivity index (χ4v) is 2.90. The molecule has 1 aromatic carbocycles. The standard InChI is InChI=1S/C15H13BrF3NO6/c1-7-3-10(16)4-9-5-11(13(15(17,18)19)26-12(7)9)14(21)25-8(2)6-24-20(22)23/h3-5,8,13H,6H2,1-2H3. The van der Waals surface area contributed by atoms with Crippen LogP contribution in [0.1, 0.15) is 18.1 Å². The van der Waals surface area contributed by atoms with Gasteiger partial charge >= 0.3 is 12.1 Å². The first-order chi connectivity index (χ1) is 12.0. The van der Waals surface area contributed by atoms with Gasteiger partial charge in [0.15, 0.2) is 0 Å². The van der Waals surface area contributed by atoms with Crippen molar-refractivity contribution in [3.63, 3.8) is 0 Å². The molecule has 1 aromatic rings. The van der Waals surface area contributed by atoms with Crippen LogP contribution in [0.2, 0.25) is 0 Å². The summed E-state index contributed by atoms with van der Waals surface area (Å²) in [6, 6.07) is 3.09. The van der Waals surface area contributed by atoms with Crippen molar-refractivity contribution in [1.29, 1.82) is 0 Å². The molecule has 0 bridgehead atoms. The number of alkyl halides is 3. The molecule has 7 nitrogen and oxygen atoms in total. The molecule has 0 fully saturated rings. The van der Waals surface area contributed by atoms with E-state index in [1.807, 2.05) is 0 Å². The van der Waals surface area contributed by atoms with Crippen LogP contribution in [0, 0.1) is 17.0 Å². The summed E-state index contributed by atoms with van der Waals surface area (Å²) in [5, 5.41) is 9.04. The van der Waals surface area contributed by atoms with Crippen LogP contribution in [0.5, 0.6) is 5.75 Å². The molecule has 0 aliphatic carbocycles. The van der Waals surface area contributed by atoms with Gasteiger partial charge in [-0.25, -0.2) is 4.79 Å². The Hall–Kier alpha value is -2.30. The molecule has 142 valence electrons. The molecule has 0 amide bonds. The van der Waals surface area contributed by atoms with Crippen molar-refractivity contribution in [2.75, 3.05) is 6.61 Å². The molecule has 11 heteroatoms. The molecule has 0 radical (unpaired) electrons. The fourth-order valence-electron chi connectivity index (χ4n) is 2.31. The Kier molecular flexibility index (Phi) is 5.79. The van der Waals surface area contributed by atoms with E-state index in [-0.39, 0.29) is 11.3 Å². The van der Waals surface area contributed by atoms with Crippen LogP contribution >= 0.6 is 15.9 Å². The number of fused-ring (bicyclic) bond motifs is 1. The summed E-state index contributed by atoms with van der Waals surface area (Å²) in [4.78, 5) is 26.4. The van der Waals surface area contributed by atoms with Crippen molar-refractivity contribution in [1.82, 2.24) is 0 Å². The largest absolute Gasteiger partial charge is 0.475 e. The molecule has 1 heterocycles. The third-order valence-electron chi connectivity index (χ3n) is 3.35. The van der Waals surface area contributed by atoms with E-state index in [0.29, 0.717) is 10.0 Å². The SMILES string of the molecule is Cc1cc(Br)cc2c1OC(C(F)(F)F)C(C(=O)OC(C)CO[N+](=O)[O-])=C2. The third-order valence-corrected chi connectivity index (χ3v) is 3.81. The first-order valence-electron chi connectivity index (χ1n) is 7.22. The van der Waals surface area contributed by atoms with Crippen molar-refractivity contribution in [3.05, 3.63) is 43.4 Å². The fraction of sp³-hybridized carbons (Fsp3) is 0.400. The number of ether oxygens (including phenoxy) is 2. The summed E-state index contributed by atoms with van der Waals surface area (Å²) < 4.78 is 50.5. The highest BCUT2D eigenvalue weighted by Gasteiger charge is 2.49. The summed E-state index contributed by atoms with van der Waals surface area (Å²) >= 11 is 3.22. The number of esters is 1. The average molecular weight is 440 g/mol. The molecule has 2 unspecified atom stereocenters. The van der Waals surface area contributed by atoms with E-state index >= 15 is 0 Å². The topological polar surface area (TPSA) is 87.9 Å². The highest BCUT2D eigenvalue weighted by atomic mass is 79.9. The van der Waals surface area contributed by atoms with Crippen LogP contribution in [-0.4, -0.2) is 36.0 Å². The van der Waals surface area contributed by atoms with E-state index in [4.69, 9.17) is 9.47 Å². The average Bonchev–Trinajstić information content (AvgIpc) is 2.50. The zero-order valence-electron chi connectivity index (χ0n) is 13.5. The maximum Gasteiger partial charge on any atom is 0.430 e. The Morgan fingerprint density at radius 3 is 2.69 bits per heavy atom. The quantitative estimate of drug-likeness (QED) is 0.395. The summed E-state index contributed by atoms with van der Waals surface area (Å²) in [5.74, 6) is -1.29. The zero-order chi connectivity index (χ0) is 19.6. The van der Waals surface area contributed by atoms with Crippen molar-refractivity contribution in [2.45, 2.75) is 32.2 Å². The Balaban J connectivity index is 2.33. The van der Waals surface area contributed by atoms with E-state index in [1.165, 1.54) is 13.0 Å². The van der Waals surface area contributed by atoms with Crippen LogP contribution in [0.4, 0.5) is 13.2 Å². The molecule has 1 aliphatic heterocycles. The Bertz CT molecular complexity index is 764. The second-order valence-corrected chi connectivity index (χ2v) is 6.43. The van der Waals surface area contributed by atoms with Gasteiger partial charge in [-0.3, -0.25) is 0 Å². The smallest absolute Gasteiger partial charge is 0.430 e. The van der Waals surface area contributed by atoms with Gasteiger partial charge in [-0.2, -0.15) is 13.2 Å². The maximum atomic E-state index is 13.4. The van der Waals surface area contributed by atoms with Gasteiger partial charge in [0.1, 0.15) is 18.5 Å². The minimum atomic E-state index is -4.86. The summed E-state index contributed by atoms with van der Waals surface area (Å²) in [7, 11) is 0. The summed E-state index contributed by atoms with van der Waals surface area (Å²) in [6.07, 6.45) is -7.46. The van der Waals surface area contributed by atoms with E-state index < -0.39 is 41.6 Å². The van der Waals surface area contributed by atoms with Gasteiger partial charge in [0, 0.05) is 10.0 Å². The maximum absolute atomic E-state index is 13.4. The molecule has 1 aliphatic rings. The van der Waals surface area contributed by atoms with Gasteiger partial charge in [0.25, 0.3) is 5.09 Å². The predicted molar refractivity (Wildman–Crippen MR) is 85.8 cm³/mol. The lowest BCUT2D eigenvalue weighted by Crippen LogP contribution is -2.41. The molecule has 0 spiro atoms. The number of halogens is 4. The number of hydrogen-bond acceptors (Lipinski definition) is 6. The van der Waals surface area contributed by atoms with Crippen molar-refractivity contribution < 1.29 is 37.4 Å². The van der Waals surface area contributed by atoms with Crippen molar-refractivity contribution in [2.24, 2.45) is 0 Å². The van der Waals surface area contributed by atoms with Gasteiger partial charge < -0.3 is 14.3 Å². The number of rotatable bonds is 5. The third kappa shape index (κ3) is 4.65. The van der Waals surface area contributed by atoms with E-state index in [9.17, 15) is 28.1 Å². The molecular formula is C15H13BrF3NO6. The highest BCUT2D eigenvalue weighted by Crippen LogP contribution is 2.40. The van der Waals surface area contributed by atoms with E-state index in [2.05, 4.69) is 20.8 Å². The second kappa shape index (κ2) is 7.52. The van der Waals surface area contributed by atoms with Crippen molar-refractivity contribution in [3.8, 4) is 5.75 Å². The van der Waals surface area contributed by atoms with Crippen LogP contribution in [0.3, 0.4) is 0 Å². The molecule has 0 saturated heterocycles. The highest BCUT2D eigenvalue weighted by molar-refractivity contribution is 9.10. The molecule has 0 N–H and O–H groups in total. The van der Waals surface area contributed by atoms with Crippen molar-refractivity contribution >= 4 is 28.0 Å². The van der Waals surface area contributed by atoms with Gasteiger partial charge in [0.05, 0.1) is 5.57 Å². The monoisotopic (exact) mass is 439 g/mol. The van der Waals surface area contributed by atoms with Gasteiger partial charge in [-0.05, 0) is 37.6 Å². The Labute approximate surface area is 153 Å². The van der Waals surface area contributed by atoms with Gasteiger partial charge in [-0.1, -0.05) is 15.9 Å². The van der Waals surface area contributed by atoms with Crippen LogP contribution in [0.15, 0.2) is 22.2 Å². The number of carbonyl (C=O) groups excluding carboxylic acids is 1. The molecule has 0 aromatic heterocycles. The van der Waals surface area contributed by atoms with Crippen LogP contribution in [-0.2, 0) is 14.4 Å². The zero-order valence-corrected chi connectivity index (χ0v) is 15.1. The minimum Gasteiger partial charge on any atom is -0.475 e. The number of carbonyl (C=O) groups is 1. The normalized spacial score (nSPS) is 17.5. The molecule has 2 atom stereocenters. The number of benzene rings is 1. The number of aryl methyl sites for hydroxylation is 1. The molecule has 2 rings (SSSR count). The van der Waals surface area contributed by atoms with Crippen LogP contribution in [0.25, 0.3) is 6.08 Å². The first-order valence-corrected chi connectivity index (χ1v) is 8.01. The predicted octanol–water partition coefficient (Wildman–Crippen LogP) is 3.60. The molecule has 0 saturated carbocycles. The number of hydrogen-bond donors (Lipinski definition) is 0. The van der Waals surface area contributed by atoms with E-state index in [0.717, 1.165) is 6.08 Å². The lowest BCUT2D eigenvalue weighted by Gasteiger charge is -2.29. The van der Waals surface area contributed by atoms with E-state index in [1.54, 1.807) is 13.0 Å². The Morgan fingerprint density at radius 2 is 2.12 bits per heavy atom.